The molecule has 150 valence electrons. The summed E-state index contributed by atoms with van der Waals surface area (Å²) in [5, 5.41) is 4.55. The molecule has 0 bridgehead atoms. The Morgan fingerprint density at radius 2 is 1.43 bits per heavy atom. The van der Waals surface area contributed by atoms with Crippen LogP contribution in [0.1, 0.15) is 10.4 Å². The van der Waals surface area contributed by atoms with Gasteiger partial charge in [-0.05, 0) is 82.6 Å². The molecule has 1 amide bonds. The van der Waals surface area contributed by atoms with Gasteiger partial charge >= 0.3 is 0 Å². The lowest BCUT2D eigenvalue weighted by Crippen LogP contribution is -2.14. The van der Waals surface area contributed by atoms with Crippen LogP contribution in [0, 0.1) is 3.57 Å². The van der Waals surface area contributed by atoms with E-state index in [2.05, 4.69) is 32.6 Å². The van der Waals surface area contributed by atoms with E-state index in [0.29, 0.717) is 16.9 Å². The van der Waals surface area contributed by atoms with Crippen LogP contribution in [0.4, 0.5) is 11.4 Å². The summed E-state index contributed by atoms with van der Waals surface area (Å²) in [5.74, 6) is -0.254. The Labute approximate surface area is 188 Å². The number of nitrogens with one attached hydrogen (secondary N) is 2. The Kier molecular flexibility index (Phi) is 5.74. The van der Waals surface area contributed by atoms with Gasteiger partial charge in [0, 0.05) is 20.2 Å². The molecule has 0 aliphatic heterocycles. The van der Waals surface area contributed by atoms with Crippen LogP contribution in [0.3, 0.4) is 0 Å². The number of anilines is 2. The molecule has 30 heavy (non-hydrogen) atoms. The van der Waals surface area contributed by atoms with Crippen LogP contribution >= 0.6 is 22.6 Å². The monoisotopic (exact) mass is 528 g/mol. The second kappa shape index (κ2) is 8.45. The van der Waals surface area contributed by atoms with Crippen LogP contribution < -0.4 is 10.0 Å². The summed E-state index contributed by atoms with van der Waals surface area (Å²) in [5.41, 5.74) is 1.57. The van der Waals surface area contributed by atoms with E-state index in [-0.39, 0.29) is 10.8 Å². The van der Waals surface area contributed by atoms with E-state index in [1.165, 1.54) is 12.1 Å². The number of benzene rings is 4. The van der Waals surface area contributed by atoms with Crippen molar-refractivity contribution in [2.45, 2.75) is 4.90 Å². The number of rotatable bonds is 5. The predicted molar refractivity (Wildman–Crippen MR) is 128 cm³/mol. The van der Waals surface area contributed by atoms with Gasteiger partial charge in [0.15, 0.2) is 0 Å². The molecule has 2 N–H and O–H groups in total. The molecule has 0 spiro atoms. The van der Waals surface area contributed by atoms with Gasteiger partial charge in [-0.15, -0.1) is 0 Å². The third-order valence-electron chi connectivity index (χ3n) is 4.56. The first-order valence-corrected chi connectivity index (χ1v) is 11.7. The number of halogens is 1. The van der Waals surface area contributed by atoms with Crippen molar-refractivity contribution >= 4 is 60.7 Å². The zero-order chi connectivity index (χ0) is 21.1. The molecule has 0 fully saturated rings. The van der Waals surface area contributed by atoms with Crippen molar-refractivity contribution in [2.24, 2.45) is 0 Å². The van der Waals surface area contributed by atoms with Crippen molar-refractivity contribution in [1.29, 1.82) is 0 Å². The van der Waals surface area contributed by atoms with Gasteiger partial charge in [-0.3, -0.25) is 9.52 Å². The molecule has 5 nitrogen and oxygen atoms in total. The summed E-state index contributed by atoms with van der Waals surface area (Å²) in [4.78, 5) is 12.4. The van der Waals surface area contributed by atoms with Crippen LogP contribution in [-0.4, -0.2) is 14.3 Å². The molecule has 0 aliphatic rings. The van der Waals surface area contributed by atoms with Gasteiger partial charge in [0.2, 0.25) is 0 Å². The lowest BCUT2D eigenvalue weighted by atomic mass is 10.1. The zero-order valence-electron chi connectivity index (χ0n) is 15.7. The predicted octanol–water partition coefficient (Wildman–Crippen LogP) is 5.50. The average Bonchev–Trinajstić information content (AvgIpc) is 2.75. The molecule has 0 aliphatic carbocycles. The fraction of sp³-hybridized carbons (Fsp3) is 0. The van der Waals surface area contributed by atoms with Gasteiger partial charge in [-0.1, -0.05) is 36.4 Å². The minimum atomic E-state index is -3.77. The molecule has 0 aromatic heterocycles. The highest BCUT2D eigenvalue weighted by Gasteiger charge is 2.16. The van der Waals surface area contributed by atoms with Crippen LogP contribution in [0.25, 0.3) is 10.8 Å². The normalized spacial score (nSPS) is 11.2. The van der Waals surface area contributed by atoms with E-state index in [1.807, 2.05) is 48.5 Å². The van der Waals surface area contributed by atoms with E-state index >= 15 is 0 Å². The number of carbonyl (C=O) groups excluding carboxylic acids is 1. The summed E-state index contributed by atoms with van der Waals surface area (Å²) < 4.78 is 29.4. The van der Waals surface area contributed by atoms with Crippen molar-refractivity contribution in [3.8, 4) is 0 Å². The van der Waals surface area contributed by atoms with Gasteiger partial charge in [-0.2, -0.15) is 0 Å². The molecule has 4 rings (SSSR count). The molecule has 0 saturated carbocycles. The first kappa shape index (κ1) is 20.4. The molecule has 4 aromatic rings. The lowest BCUT2D eigenvalue weighted by Gasteiger charge is -2.11. The summed E-state index contributed by atoms with van der Waals surface area (Å²) in [6.07, 6.45) is 0. The number of hydrogen-bond donors (Lipinski definition) is 2. The number of fused-ring (bicyclic) bond motifs is 1. The maximum absolute atomic E-state index is 12.8. The second-order valence-electron chi connectivity index (χ2n) is 6.62. The third-order valence-corrected chi connectivity index (χ3v) is 6.66. The van der Waals surface area contributed by atoms with Gasteiger partial charge in [-0.25, -0.2) is 8.42 Å². The van der Waals surface area contributed by atoms with Crippen LogP contribution in [0.2, 0.25) is 0 Å². The van der Waals surface area contributed by atoms with Crippen molar-refractivity contribution < 1.29 is 13.2 Å². The fourth-order valence-electron chi connectivity index (χ4n) is 3.04. The highest BCUT2D eigenvalue weighted by atomic mass is 127. The van der Waals surface area contributed by atoms with Crippen LogP contribution in [-0.2, 0) is 10.0 Å². The van der Waals surface area contributed by atoms with Crippen molar-refractivity contribution in [2.75, 3.05) is 10.0 Å². The van der Waals surface area contributed by atoms with Gasteiger partial charge in [0.1, 0.15) is 0 Å². The van der Waals surface area contributed by atoms with E-state index in [1.54, 1.807) is 30.3 Å². The Balaban J connectivity index is 1.52. The Morgan fingerprint density at radius 1 is 0.767 bits per heavy atom. The van der Waals surface area contributed by atoms with E-state index in [0.717, 1.165) is 14.3 Å². The number of carbonyl (C=O) groups is 1. The largest absolute Gasteiger partial charge is 0.322 e. The minimum Gasteiger partial charge on any atom is -0.322 e. The molecule has 0 unspecified atom stereocenters. The first-order chi connectivity index (χ1) is 14.4. The van der Waals surface area contributed by atoms with E-state index in [4.69, 9.17) is 0 Å². The smallest absolute Gasteiger partial charge is 0.261 e. The van der Waals surface area contributed by atoms with Crippen LogP contribution in [0.5, 0.6) is 0 Å². The van der Waals surface area contributed by atoms with E-state index < -0.39 is 10.0 Å². The zero-order valence-corrected chi connectivity index (χ0v) is 18.6. The molecule has 7 heteroatoms. The fourth-order valence-corrected chi connectivity index (χ4v) is 4.48. The molecule has 0 radical (unpaired) electrons. The van der Waals surface area contributed by atoms with Crippen molar-refractivity contribution in [1.82, 2.24) is 0 Å². The summed E-state index contributed by atoms with van der Waals surface area (Å²) in [7, 11) is -3.77. The average molecular weight is 528 g/mol. The van der Waals surface area contributed by atoms with Gasteiger partial charge < -0.3 is 5.32 Å². The molecule has 0 saturated heterocycles. The quantitative estimate of drug-likeness (QED) is 0.336. The Hall–Kier alpha value is -2.91. The number of sulfonamides is 1. The molecular weight excluding hydrogens is 511 g/mol. The second-order valence-corrected chi connectivity index (χ2v) is 9.55. The molecule has 0 atom stereocenters. The topological polar surface area (TPSA) is 75.3 Å². The standard InChI is InChI=1S/C23H17IN2O3S/c24-18-10-8-17(9-11-18)23(27)25-19-12-14-20(15-13-19)30(28,29)26-22-7-3-5-16-4-1-2-6-21(16)22/h1-15,26H,(H,25,27). The maximum atomic E-state index is 12.8. The van der Waals surface area contributed by atoms with Gasteiger partial charge in [0.25, 0.3) is 15.9 Å². The van der Waals surface area contributed by atoms with Crippen molar-refractivity contribution in [3.63, 3.8) is 0 Å². The molecule has 4 aromatic carbocycles. The summed E-state index contributed by atoms with van der Waals surface area (Å²) >= 11 is 2.17. The van der Waals surface area contributed by atoms with Crippen LogP contribution in [0.15, 0.2) is 95.9 Å². The SMILES string of the molecule is O=C(Nc1ccc(S(=O)(=O)Nc2cccc3ccccc23)cc1)c1ccc(I)cc1. The Bertz CT molecular complexity index is 1310. The summed E-state index contributed by atoms with van der Waals surface area (Å²) in [6.45, 7) is 0. The van der Waals surface area contributed by atoms with Gasteiger partial charge in [0.05, 0.1) is 10.6 Å². The Morgan fingerprint density at radius 3 is 2.17 bits per heavy atom. The van der Waals surface area contributed by atoms with E-state index in [9.17, 15) is 13.2 Å². The maximum Gasteiger partial charge on any atom is 0.261 e. The van der Waals surface area contributed by atoms with Crippen molar-refractivity contribution in [3.05, 3.63) is 100 Å². The highest BCUT2D eigenvalue weighted by molar-refractivity contribution is 14.1. The summed E-state index contributed by atoms with van der Waals surface area (Å²) in [6, 6.07) is 26.3. The highest BCUT2D eigenvalue weighted by Crippen LogP contribution is 2.26. The number of hydrogen-bond acceptors (Lipinski definition) is 3. The molecular formula is C23H17IN2O3S. The lowest BCUT2D eigenvalue weighted by molar-refractivity contribution is 0.102. The first-order valence-electron chi connectivity index (χ1n) is 9.10. The minimum absolute atomic E-state index is 0.114. The molecule has 0 heterocycles. The third kappa shape index (κ3) is 4.47. The number of amides is 1.